The molecular formula is C22H19NO4. The molecule has 5 heteroatoms. The molecule has 0 aliphatic heterocycles. The normalized spacial score (nSPS) is 10.3. The average molecular weight is 361 g/mol. The first-order valence-electron chi connectivity index (χ1n) is 8.43. The largest absolute Gasteiger partial charge is 0.488 e. The highest BCUT2D eigenvalue weighted by atomic mass is 16.5. The molecule has 0 radical (unpaired) electrons. The van der Waals surface area contributed by atoms with Crippen LogP contribution in [0.4, 0.5) is 5.69 Å². The summed E-state index contributed by atoms with van der Waals surface area (Å²) in [5, 5.41) is 8.99. The Morgan fingerprint density at radius 3 is 2.19 bits per heavy atom. The Morgan fingerprint density at radius 2 is 1.52 bits per heavy atom. The van der Waals surface area contributed by atoms with Gasteiger partial charge in [-0.1, -0.05) is 42.5 Å². The number of rotatable bonds is 6. The van der Waals surface area contributed by atoms with E-state index in [2.05, 4.69) is 0 Å². The van der Waals surface area contributed by atoms with Crippen molar-refractivity contribution in [2.45, 2.75) is 6.61 Å². The minimum absolute atomic E-state index is 0.172. The minimum atomic E-state index is -1.00. The Bertz CT molecular complexity index is 936. The van der Waals surface area contributed by atoms with Crippen LogP contribution >= 0.6 is 0 Å². The lowest BCUT2D eigenvalue weighted by Gasteiger charge is -2.19. The lowest BCUT2D eigenvalue weighted by molar-refractivity contribution is 0.0696. The molecule has 0 saturated heterocycles. The van der Waals surface area contributed by atoms with Crippen LogP contribution in [-0.2, 0) is 6.61 Å². The number of hydrogen-bond acceptors (Lipinski definition) is 3. The van der Waals surface area contributed by atoms with Gasteiger partial charge in [-0.3, -0.25) is 4.79 Å². The minimum Gasteiger partial charge on any atom is -0.488 e. The quantitative estimate of drug-likeness (QED) is 0.713. The summed E-state index contributed by atoms with van der Waals surface area (Å²) < 4.78 is 5.86. The van der Waals surface area contributed by atoms with Crippen LogP contribution in [0.25, 0.3) is 0 Å². The van der Waals surface area contributed by atoms with E-state index in [9.17, 15) is 9.59 Å². The topological polar surface area (TPSA) is 66.8 Å². The summed E-state index contributed by atoms with van der Waals surface area (Å²) >= 11 is 0. The van der Waals surface area contributed by atoms with Crippen molar-refractivity contribution < 1.29 is 19.4 Å². The molecule has 27 heavy (non-hydrogen) atoms. The first-order valence-corrected chi connectivity index (χ1v) is 8.43. The molecule has 1 amide bonds. The van der Waals surface area contributed by atoms with Gasteiger partial charge in [-0.25, -0.2) is 4.79 Å². The maximum atomic E-state index is 12.9. The van der Waals surface area contributed by atoms with Gasteiger partial charge in [-0.2, -0.15) is 0 Å². The predicted octanol–water partition coefficient (Wildman–Crippen LogP) is 4.24. The number of carboxylic acids is 1. The highest BCUT2D eigenvalue weighted by molar-refractivity contribution is 6.07. The first-order chi connectivity index (χ1) is 13.1. The van der Waals surface area contributed by atoms with Crippen LogP contribution in [0.1, 0.15) is 26.3 Å². The summed E-state index contributed by atoms with van der Waals surface area (Å²) in [4.78, 5) is 25.4. The fraction of sp³-hybridized carbons (Fsp3) is 0.0909. The summed E-state index contributed by atoms with van der Waals surface area (Å²) in [6.45, 7) is 0.363. The molecule has 0 fully saturated rings. The van der Waals surface area contributed by atoms with Gasteiger partial charge in [0.1, 0.15) is 12.4 Å². The number of carbonyl (C=O) groups excluding carboxylic acids is 1. The Labute approximate surface area is 157 Å². The molecule has 0 aliphatic rings. The van der Waals surface area contributed by atoms with Crippen LogP contribution in [0.15, 0.2) is 78.9 Å². The van der Waals surface area contributed by atoms with E-state index < -0.39 is 5.97 Å². The highest BCUT2D eigenvalue weighted by Gasteiger charge is 2.18. The molecule has 3 aromatic rings. The standard InChI is InChI=1S/C22H19NO4/c1-23(18-13-11-17(12-14-18)22(25)26)21(24)19-9-5-6-10-20(19)27-15-16-7-3-2-4-8-16/h2-14H,15H2,1H3,(H,25,26). The molecule has 3 aromatic carbocycles. The third-order valence-electron chi connectivity index (χ3n) is 4.16. The summed E-state index contributed by atoms with van der Waals surface area (Å²) in [6, 6.07) is 23.0. The smallest absolute Gasteiger partial charge is 0.335 e. The zero-order chi connectivity index (χ0) is 19.2. The maximum Gasteiger partial charge on any atom is 0.335 e. The van der Waals surface area contributed by atoms with E-state index in [-0.39, 0.29) is 11.5 Å². The van der Waals surface area contributed by atoms with Gasteiger partial charge in [0.15, 0.2) is 0 Å². The molecule has 3 rings (SSSR count). The van der Waals surface area contributed by atoms with Gasteiger partial charge >= 0.3 is 5.97 Å². The van der Waals surface area contributed by atoms with Gasteiger partial charge in [-0.15, -0.1) is 0 Å². The van der Waals surface area contributed by atoms with Crippen molar-refractivity contribution >= 4 is 17.6 Å². The number of amides is 1. The molecule has 0 spiro atoms. The third kappa shape index (κ3) is 4.33. The van der Waals surface area contributed by atoms with Crippen molar-refractivity contribution in [3.05, 3.63) is 95.6 Å². The van der Waals surface area contributed by atoms with E-state index in [1.165, 1.54) is 17.0 Å². The summed E-state index contributed by atoms with van der Waals surface area (Å²) in [7, 11) is 1.64. The zero-order valence-corrected chi connectivity index (χ0v) is 14.8. The molecule has 0 unspecified atom stereocenters. The van der Waals surface area contributed by atoms with Crippen molar-refractivity contribution in [2.24, 2.45) is 0 Å². The fourth-order valence-corrected chi connectivity index (χ4v) is 2.63. The van der Waals surface area contributed by atoms with Crippen LogP contribution < -0.4 is 9.64 Å². The molecule has 0 aliphatic carbocycles. The van der Waals surface area contributed by atoms with Crippen molar-refractivity contribution in [3.8, 4) is 5.75 Å². The number of carbonyl (C=O) groups is 2. The highest BCUT2D eigenvalue weighted by Crippen LogP contribution is 2.24. The van der Waals surface area contributed by atoms with Crippen LogP contribution in [0, 0.1) is 0 Å². The number of benzene rings is 3. The summed E-state index contributed by atoms with van der Waals surface area (Å²) in [5.74, 6) is -0.739. The maximum absolute atomic E-state index is 12.9. The van der Waals surface area contributed by atoms with E-state index in [0.29, 0.717) is 23.6 Å². The van der Waals surface area contributed by atoms with E-state index >= 15 is 0 Å². The van der Waals surface area contributed by atoms with Crippen LogP contribution in [0.3, 0.4) is 0 Å². The number of ether oxygens (including phenoxy) is 1. The average Bonchev–Trinajstić information content (AvgIpc) is 2.72. The molecular weight excluding hydrogens is 342 g/mol. The van der Waals surface area contributed by atoms with Crippen molar-refractivity contribution in [1.82, 2.24) is 0 Å². The number of nitrogens with zero attached hydrogens (tertiary/aromatic N) is 1. The summed E-state index contributed by atoms with van der Waals surface area (Å²) in [5.41, 5.74) is 2.23. The van der Waals surface area contributed by atoms with Crippen LogP contribution in [-0.4, -0.2) is 24.0 Å². The Balaban J connectivity index is 1.78. The van der Waals surface area contributed by atoms with Crippen molar-refractivity contribution in [1.29, 1.82) is 0 Å². The predicted molar refractivity (Wildman–Crippen MR) is 103 cm³/mol. The van der Waals surface area contributed by atoms with Crippen LogP contribution in [0.2, 0.25) is 0 Å². The number of aromatic carboxylic acids is 1. The molecule has 0 saturated carbocycles. The zero-order valence-electron chi connectivity index (χ0n) is 14.8. The van der Waals surface area contributed by atoms with Crippen LogP contribution in [0.5, 0.6) is 5.75 Å². The molecule has 0 bridgehead atoms. The second-order valence-corrected chi connectivity index (χ2v) is 5.99. The SMILES string of the molecule is CN(C(=O)c1ccccc1OCc1ccccc1)c1ccc(C(=O)O)cc1. The molecule has 0 aromatic heterocycles. The van der Waals surface area contributed by atoms with Gasteiger partial charge in [-0.05, 0) is 42.0 Å². The number of carboxylic acid groups (broad SMARTS) is 1. The van der Waals surface area contributed by atoms with Gasteiger partial charge < -0.3 is 14.7 Å². The molecule has 5 nitrogen and oxygen atoms in total. The second kappa shape index (κ2) is 8.19. The van der Waals surface area contributed by atoms with Crippen molar-refractivity contribution in [3.63, 3.8) is 0 Å². The lowest BCUT2D eigenvalue weighted by Crippen LogP contribution is -2.26. The van der Waals surface area contributed by atoms with Gasteiger partial charge in [0.2, 0.25) is 0 Å². The Hall–Kier alpha value is -3.60. The monoisotopic (exact) mass is 361 g/mol. The Morgan fingerprint density at radius 1 is 0.889 bits per heavy atom. The van der Waals surface area contributed by atoms with E-state index in [1.54, 1.807) is 37.4 Å². The first kappa shape index (κ1) is 18.2. The molecule has 0 heterocycles. The number of para-hydroxylation sites is 1. The third-order valence-corrected chi connectivity index (χ3v) is 4.16. The van der Waals surface area contributed by atoms with Gasteiger partial charge in [0.05, 0.1) is 11.1 Å². The second-order valence-electron chi connectivity index (χ2n) is 5.99. The Kier molecular flexibility index (Phi) is 5.52. The number of anilines is 1. The van der Waals surface area contributed by atoms with Gasteiger partial charge in [0.25, 0.3) is 5.91 Å². The van der Waals surface area contributed by atoms with E-state index in [1.807, 2.05) is 36.4 Å². The molecule has 136 valence electrons. The lowest BCUT2D eigenvalue weighted by atomic mass is 10.1. The summed E-state index contributed by atoms with van der Waals surface area (Å²) in [6.07, 6.45) is 0. The molecule has 1 N–H and O–H groups in total. The number of hydrogen-bond donors (Lipinski definition) is 1. The van der Waals surface area contributed by atoms with Crippen molar-refractivity contribution in [2.75, 3.05) is 11.9 Å². The van der Waals surface area contributed by atoms with E-state index in [0.717, 1.165) is 5.56 Å². The van der Waals surface area contributed by atoms with Gasteiger partial charge in [0, 0.05) is 12.7 Å². The van der Waals surface area contributed by atoms with E-state index in [4.69, 9.17) is 9.84 Å². The fourth-order valence-electron chi connectivity index (χ4n) is 2.63. The molecule has 0 atom stereocenters.